The topological polar surface area (TPSA) is 137 Å². The Hall–Kier alpha value is -4.74. The van der Waals surface area contributed by atoms with Crippen LogP contribution in [0.2, 0.25) is 0 Å². The van der Waals surface area contributed by atoms with E-state index in [1.54, 1.807) is 12.1 Å². The summed E-state index contributed by atoms with van der Waals surface area (Å²) in [6.07, 6.45) is -0.440. The van der Waals surface area contributed by atoms with Gasteiger partial charge in [-0.15, -0.1) is 0 Å². The third-order valence-corrected chi connectivity index (χ3v) is 5.68. The van der Waals surface area contributed by atoms with E-state index in [-0.39, 0.29) is 43.1 Å². The van der Waals surface area contributed by atoms with Crippen LogP contribution in [0, 0.1) is 19.7 Å². The number of ether oxygens (including phenoxy) is 3. The molecule has 0 spiro atoms. The van der Waals surface area contributed by atoms with Crippen molar-refractivity contribution in [3.63, 3.8) is 0 Å². The number of carbonyl (C=O) groups is 2. The van der Waals surface area contributed by atoms with Gasteiger partial charge in [0.1, 0.15) is 17.4 Å². The molecule has 0 saturated carbocycles. The number of oxazole rings is 1. The largest absolute Gasteiger partial charge is 0.506 e. The van der Waals surface area contributed by atoms with Crippen LogP contribution in [0.15, 0.2) is 47.0 Å². The van der Waals surface area contributed by atoms with Crippen LogP contribution in [0.1, 0.15) is 11.1 Å². The van der Waals surface area contributed by atoms with Gasteiger partial charge < -0.3 is 28.6 Å². The minimum atomic E-state index is -1.36. The fraction of sp³-hybridized carbons (Fsp3) is 0.240. The zero-order valence-electron chi connectivity index (χ0n) is 19.8. The Morgan fingerprint density at radius 1 is 1.16 bits per heavy atom. The number of halogens is 1. The van der Waals surface area contributed by atoms with Gasteiger partial charge >= 0.3 is 12.2 Å². The molecule has 4 aromatic rings. The van der Waals surface area contributed by atoms with E-state index in [0.29, 0.717) is 22.7 Å². The highest BCUT2D eigenvalue weighted by Crippen LogP contribution is 2.32. The molecule has 12 heteroatoms. The van der Waals surface area contributed by atoms with Crippen LogP contribution in [-0.2, 0) is 9.53 Å². The van der Waals surface area contributed by atoms with Crippen LogP contribution in [0.5, 0.6) is 17.5 Å². The summed E-state index contributed by atoms with van der Waals surface area (Å²) in [6.45, 7) is 3.89. The van der Waals surface area contributed by atoms with Gasteiger partial charge in [-0.2, -0.15) is 4.98 Å². The van der Waals surface area contributed by atoms with E-state index in [0.717, 1.165) is 11.1 Å². The van der Waals surface area contributed by atoms with Gasteiger partial charge in [0.05, 0.1) is 19.3 Å². The molecule has 1 aliphatic rings. The van der Waals surface area contributed by atoms with E-state index >= 15 is 0 Å². The number of amides is 1. The second-order valence-electron chi connectivity index (χ2n) is 8.43. The van der Waals surface area contributed by atoms with E-state index < -0.39 is 18.1 Å². The van der Waals surface area contributed by atoms with Gasteiger partial charge in [0.25, 0.3) is 11.6 Å². The number of likely N-dealkylation sites (tertiary alicyclic amines) is 1. The van der Waals surface area contributed by atoms with Crippen molar-refractivity contribution in [1.29, 1.82) is 0 Å². The lowest BCUT2D eigenvalue weighted by atomic mass is 10.1. The summed E-state index contributed by atoms with van der Waals surface area (Å²) in [5.41, 5.74) is 2.76. The molecule has 0 bridgehead atoms. The molecule has 1 aliphatic heterocycles. The van der Waals surface area contributed by atoms with E-state index in [1.165, 1.54) is 23.2 Å². The minimum absolute atomic E-state index is 0.00979. The van der Waals surface area contributed by atoms with E-state index in [1.807, 2.05) is 26.0 Å². The summed E-state index contributed by atoms with van der Waals surface area (Å²) >= 11 is 0. The first-order chi connectivity index (χ1) is 17.8. The van der Waals surface area contributed by atoms with Crippen LogP contribution in [-0.4, -0.2) is 62.8 Å². The molecular weight excluding hydrogens is 487 g/mol. The Morgan fingerprint density at radius 2 is 1.89 bits per heavy atom. The van der Waals surface area contributed by atoms with Gasteiger partial charge in [-0.3, -0.25) is 4.79 Å². The normalized spacial score (nSPS) is 13.3. The van der Waals surface area contributed by atoms with Crippen molar-refractivity contribution in [2.45, 2.75) is 20.0 Å². The molecule has 0 unspecified atom stereocenters. The summed E-state index contributed by atoms with van der Waals surface area (Å²) in [4.78, 5) is 37.0. The van der Waals surface area contributed by atoms with Crippen molar-refractivity contribution in [1.82, 2.24) is 19.9 Å². The van der Waals surface area contributed by atoms with Crippen molar-refractivity contribution in [2.75, 3.05) is 19.7 Å². The maximum Gasteiger partial charge on any atom is 0.506 e. The minimum Gasteiger partial charge on any atom is -0.483 e. The number of aryl methyl sites for hydroxylation is 2. The molecule has 1 saturated heterocycles. The zero-order valence-corrected chi connectivity index (χ0v) is 19.8. The molecular formula is C25H21FN4O7. The molecule has 190 valence electrons. The number of carbonyl (C=O) groups excluding carboxylic acids is 1. The maximum atomic E-state index is 13.9. The zero-order chi connectivity index (χ0) is 26.1. The third kappa shape index (κ3) is 5.13. The lowest BCUT2D eigenvalue weighted by Gasteiger charge is -2.37. The molecule has 0 aliphatic carbocycles. The highest BCUT2D eigenvalue weighted by atomic mass is 19.1. The van der Waals surface area contributed by atoms with Crippen molar-refractivity contribution in [3.8, 4) is 29.0 Å². The Labute approximate surface area is 209 Å². The van der Waals surface area contributed by atoms with Crippen LogP contribution in [0.3, 0.4) is 0 Å². The SMILES string of the molecule is Cc1cc(-c2nc3cnc(Oc4ccccc4F)nc3o2)cc(C)c1OCC(=O)N1CC(OC(=O)O)C1. The first-order valence-electron chi connectivity index (χ1n) is 11.2. The van der Waals surface area contributed by atoms with Crippen molar-refractivity contribution in [2.24, 2.45) is 0 Å². The number of carboxylic acid groups (broad SMARTS) is 1. The number of para-hydroxylation sites is 1. The lowest BCUT2D eigenvalue weighted by molar-refractivity contribution is -0.144. The quantitative estimate of drug-likeness (QED) is 0.363. The molecule has 2 aromatic carbocycles. The average Bonchev–Trinajstić information content (AvgIpc) is 3.25. The van der Waals surface area contributed by atoms with Gasteiger partial charge in [0, 0.05) is 5.56 Å². The Morgan fingerprint density at radius 3 is 2.59 bits per heavy atom. The number of rotatable bonds is 7. The fourth-order valence-corrected chi connectivity index (χ4v) is 3.90. The summed E-state index contributed by atoms with van der Waals surface area (Å²) in [7, 11) is 0. The summed E-state index contributed by atoms with van der Waals surface area (Å²) in [6, 6.07) is 9.45. The van der Waals surface area contributed by atoms with Crippen molar-refractivity contribution >= 4 is 23.3 Å². The molecule has 0 radical (unpaired) electrons. The molecule has 5 rings (SSSR count). The Bertz CT molecular complexity index is 1480. The molecule has 1 N–H and O–H groups in total. The summed E-state index contributed by atoms with van der Waals surface area (Å²) < 4.78 is 35.5. The Kier molecular flexibility index (Phi) is 6.30. The number of aromatic nitrogens is 3. The lowest BCUT2D eigenvalue weighted by Crippen LogP contribution is -2.56. The van der Waals surface area contributed by atoms with Gasteiger partial charge in [0.2, 0.25) is 5.89 Å². The van der Waals surface area contributed by atoms with Gasteiger partial charge in [-0.05, 0) is 49.2 Å². The van der Waals surface area contributed by atoms with Crippen molar-refractivity contribution in [3.05, 3.63) is 59.5 Å². The monoisotopic (exact) mass is 508 g/mol. The molecule has 11 nitrogen and oxygen atoms in total. The van der Waals surface area contributed by atoms with Gasteiger partial charge in [0.15, 0.2) is 18.2 Å². The van der Waals surface area contributed by atoms with Crippen LogP contribution in [0.4, 0.5) is 9.18 Å². The third-order valence-electron chi connectivity index (χ3n) is 5.68. The fourth-order valence-electron chi connectivity index (χ4n) is 3.90. The Balaban J connectivity index is 1.27. The van der Waals surface area contributed by atoms with Gasteiger partial charge in [-0.25, -0.2) is 19.2 Å². The van der Waals surface area contributed by atoms with E-state index in [9.17, 15) is 14.0 Å². The number of hydrogen-bond acceptors (Lipinski definition) is 9. The number of benzene rings is 2. The van der Waals surface area contributed by atoms with Crippen LogP contribution in [0.25, 0.3) is 22.7 Å². The van der Waals surface area contributed by atoms with Crippen LogP contribution < -0.4 is 9.47 Å². The molecule has 0 atom stereocenters. The van der Waals surface area contributed by atoms with Crippen LogP contribution >= 0.6 is 0 Å². The second-order valence-corrected chi connectivity index (χ2v) is 8.43. The molecule has 1 fully saturated rings. The first kappa shape index (κ1) is 24.0. The van der Waals surface area contributed by atoms with Crippen molar-refractivity contribution < 1.29 is 37.7 Å². The van der Waals surface area contributed by atoms with Gasteiger partial charge in [-0.1, -0.05) is 12.1 Å². The highest BCUT2D eigenvalue weighted by molar-refractivity contribution is 5.79. The molecule has 1 amide bonds. The maximum absolute atomic E-state index is 13.9. The molecule has 37 heavy (non-hydrogen) atoms. The smallest absolute Gasteiger partial charge is 0.483 e. The number of hydrogen-bond donors (Lipinski definition) is 1. The standard InChI is InChI=1S/C25H21FN4O7/c1-13-7-15(8-14(2)21(13)34-12-20(31)30-10-16(11-30)35-25(32)33)22-28-18-9-27-24(29-23(18)37-22)36-19-6-4-3-5-17(19)26/h3-9,16H,10-12H2,1-2H3,(H,32,33). The number of nitrogens with zero attached hydrogens (tertiary/aromatic N) is 4. The summed E-state index contributed by atoms with van der Waals surface area (Å²) in [5, 5.41) is 8.62. The predicted molar refractivity (Wildman–Crippen MR) is 126 cm³/mol. The second kappa shape index (κ2) is 9.72. The average molecular weight is 508 g/mol. The molecule has 3 heterocycles. The molecule has 2 aromatic heterocycles. The summed E-state index contributed by atoms with van der Waals surface area (Å²) in [5.74, 6) is 0.0304. The predicted octanol–water partition coefficient (Wildman–Crippen LogP) is 4.12. The van der Waals surface area contributed by atoms with E-state index in [2.05, 4.69) is 19.7 Å². The first-order valence-corrected chi connectivity index (χ1v) is 11.2. The van der Waals surface area contributed by atoms with E-state index in [4.69, 9.17) is 19.0 Å². The highest BCUT2D eigenvalue weighted by Gasteiger charge is 2.33. The number of fused-ring (bicyclic) bond motifs is 1.